The summed E-state index contributed by atoms with van der Waals surface area (Å²) in [6.07, 6.45) is 0. The minimum Gasteiger partial charge on any atom is -0.381 e. The summed E-state index contributed by atoms with van der Waals surface area (Å²) in [6, 6.07) is 12.7. The molecule has 0 aliphatic heterocycles. The average Bonchev–Trinajstić information content (AvgIpc) is 2.40. The van der Waals surface area contributed by atoms with E-state index in [-0.39, 0.29) is 5.82 Å². The second-order valence-electron chi connectivity index (χ2n) is 4.87. The van der Waals surface area contributed by atoms with Crippen molar-refractivity contribution in [3.63, 3.8) is 0 Å². The van der Waals surface area contributed by atoms with Crippen LogP contribution in [0.1, 0.15) is 30.9 Å². The summed E-state index contributed by atoms with van der Waals surface area (Å²) in [4.78, 5) is 0. The molecule has 0 aromatic heterocycles. The number of rotatable bonds is 4. The van der Waals surface area contributed by atoms with Gasteiger partial charge in [0.15, 0.2) is 0 Å². The fraction of sp³-hybridized carbons (Fsp3) is 0.250. The van der Waals surface area contributed by atoms with Gasteiger partial charge in [0.25, 0.3) is 0 Å². The van der Waals surface area contributed by atoms with Gasteiger partial charge in [0.1, 0.15) is 5.82 Å². The molecule has 1 N–H and O–H groups in total. The molecule has 0 saturated heterocycles. The van der Waals surface area contributed by atoms with E-state index in [0.29, 0.717) is 17.5 Å². The summed E-state index contributed by atoms with van der Waals surface area (Å²) >= 11 is 6.02. The molecule has 0 aliphatic carbocycles. The predicted molar refractivity (Wildman–Crippen MR) is 79.3 cm³/mol. The Morgan fingerprint density at radius 1 is 1.11 bits per heavy atom. The van der Waals surface area contributed by atoms with E-state index < -0.39 is 0 Å². The third-order valence-corrected chi connectivity index (χ3v) is 3.44. The molecule has 0 amide bonds. The maximum Gasteiger partial charge on any atom is 0.123 e. The molecular weight excluding hydrogens is 261 g/mol. The summed E-state index contributed by atoms with van der Waals surface area (Å²) in [7, 11) is 0. The van der Waals surface area contributed by atoms with Crippen molar-refractivity contribution in [2.75, 3.05) is 5.32 Å². The maximum absolute atomic E-state index is 13.1. The number of anilines is 1. The third kappa shape index (κ3) is 3.71. The Balaban J connectivity index is 2.04. The van der Waals surface area contributed by atoms with E-state index in [2.05, 4.69) is 31.3 Å². The lowest BCUT2D eigenvalue weighted by atomic mass is 10.0. The van der Waals surface area contributed by atoms with Crippen molar-refractivity contribution >= 4 is 17.3 Å². The van der Waals surface area contributed by atoms with Crippen LogP contribution >= 0.6 is 11.6 Å². The second-order valence-corrected chi connectivity index (χ2v) is 5.27. The first kappa shape index (κ1) is 13.9. The van der Waals surface area contributed by atoms with Crippen LogP contribution in [0.5, 0.6) is 0 Å². The number of halogens is 2. The van der Waals surface area contributed by atoms with Crippen molar-refractivity contribution in [3.8, 4) is 0 Å². The van der Waals surface area contributed by atoms with Gasteiger partial charge in [-0.2, -0.15) is 0 Å². The van der Waals surface area contributed by atoms with Crippen LogP contribution in [-0.2, 0) is 6.54 Å². The van der Waals surface area contributed by atoms with Gasteiger partial charge in [-0.05, 0) is 47.4 Å². The first-order valence-corrected chi connectivity index (χ1v) is 6.72. The van der Waals surface area contributed by atoms with Gasteiger partial charge < -0.3 is 5.32 Å². The van der Waals surface area contributed by atoms with Crippen LogP contribution in [0.3, 0.4) is 0 Å². The Labute approximate surface area is 118 Å². The van der Waals surface area contributed by atoms with E-state index in [0.717, 1.165) is 11.3 Å². The van der Waals surface area contributed by atoms with E-state index >= 15 is 0 Å². The largest absolute Gasteiger partial charge is 0.381 e. The van der Waals surface area contributed by atoms with Gasteiger partial charge in [0, 0.05) is 17.3 Å². The highest BCUT2D eigenvalue weighted by Gasteiger charge is 2.03. The molecule has 0 heterocycles. The van der Waals surface area contributed by atoms with Crippen molar-refractivity contribution < 1.29 is 4.39 Å². The van der Waals surface area contributed by atoms with Crippen LogP contribution in [0.15, 0.2) is 42.5 Å². The summed E-state index contributed by atoms with van der Waals surface area (Å²) in [5.41, 5.74) is 3.06. The van der Waals surface area contributed by atoms with Gasteiger partial charge in [-0.1, -0.05) is 37.6 Å². The Hall–Kier alpha value is -1.54. The standard InChI is InChI=1S/C16H17ClFN/c1-11(2)12-3-6-15(7-4-12)19-10-13-9-14(18)5-8-16(13)17/h3-9,11,19H,10H2,1-2H3. The Morgan fingerprint density at radius 2 is 1.79 bits per heavy atom. The highest BCUT2D eigenvalue weighted by atomic mass is 35.5. The SMILES string of the molecule is CC(C)c1ccc(NCc2cc(F)ccc2Cl)cc1. The van der Waals surface area contributed by atoms with Crippen molar-refractivity contribution in [2.24, 2.45) is 0 Å². The average molecular weight is 278 g/mol. The van der Waals surface area contributed by atoms with Gasteiger partial charge in [-0.15, -0.1) is 0 Å². The Kier molecular flexibility index (Phi) is 4.43. The van der Waals surface area contributed by atoms with E-state index in [1.54, 1.807) is 6.07 Å². The summed E-state index contributed by atoms with van der Waals surface area (Å²) < 4.78 is 13.1. The quantitative estimate of drug-likeness (QED) is 0.808. The molecule has 2 aromatic rings. The predicted octanol–water partition coefficient (Wildman–Crippen LogP) is 5.21. The first-order chi connectivity index (χ1) is 9.06. The molecule has 0 atom stereocenters. The lowest BCUT2D eigenvalue weighted by Crippen LogP contribution is -2.01. The topological polar surface area (TPSA) is 12.0 Å². The summed E-state index contributed by atoms with van der Waals surface area (Å²) in [6.45, 7) is 4.83. The normalized spacial score (nSPS) is 10.8. The van der Waals surface area contributed by atoms with Crippen LogP contribution in [0.25, 0.3) is 0 Å². The van der Waals surface area contributed by atoms with E-state index in [9.17, 15) is 4.39 Å². The minimum absolute atomic E-state index is 0.267. The fourth-order valence-corrected chi connectivity index (χ4v) is 2.05. The van der Waals surface area contributed by atoms with E-state index in [1.165, 1.54) is 17.7 Å². The van der Waals surface area contributed by atoms with Crippen molar-refractivity contribution in [1.29, 1.82) is 0 Å². The molecule has 0 radical (unpaired) electrons. The van der Waals surface area contributed by atoms with Gasteiger partial charge in [-0.3, -0.25) is 0 Å². The lowest BCUT2D eigenvalue weighted by molar-refractivity contribution is 0.626. The molecule has 0 unspecified atom stereocenters. The molecule has 2 rings (SSSR count). The molecule has 0 aliphatic rings. The highest BCUT2D eigenvalue weighted by Crippen LogP contribution is 2.20. The monoisotopic (exact) mass is 277 g/mol. The van der Waals surface area contributed by atoms with Crippen LogP contribution < -0.4 is 5.32 Å². The Morgan fingerprint density at radius 3 is 2.42 bits per heavy atom. The number of hydrogen-bond donors (Lipinski definition) is 1. The molecule has 2 aromatic carbocycles. The molecule has 0 saturated carbocycles. The summed E-state index contributed by atoms with van der Waals surface area (Å²) in [5, 5.41) is 3.82. The molecule has 0 spiro atoms. The molecule has 19 heavy (non-hydrogen) atoms. The van der Waals surface area contributed by atoms with Crippen LogP contribution in [0, 0.1) is 5.82 Å². The summed E-state index contributed by atoms with van der Waals surface area (Å²) in [5.74, 6) is 0.253. The second kappa shape index (κ2) is 6.07. The minimum atomic E-state index is -0.267. The van der Waals surface area contributed by atoms with E-state index in [1.807, 2.05) is 12.1 Å². The zero-order valence-electron chi connectivity index (χ0n) is 11.1. The molecule has 100 valence electrons. The van der Waals surface area contributed by atoms with Gasteiger partial charge in [-0.25, -0.2) is 4.39 Å². The van der Waals surface area contributed by atoms with Crippen molar-refractivity contribution in [3.05, 3.63) is 64.4 Å². The van der Waals surface area contributed by atoms with Gasteiger partial charge in [0.05, 0.1) is 0 Å². The fourth-order valence-electron chi connectivity index (χ4n) is 1.86. The lowest BCUT2D eigenvalue weighted by Gasteiger charge is -2.10. The molecule has 0 fully saturated rings. The van der Waals surface area contributed by atoms with Crippen molar-refractivity contribution in [2.45, 2.75) is 26.3 Å². The number of nitrogens with one attached hydrogen (secondary N) is 1. The van der Waals surface area contributed by atoms with E-state index in [4.69, 9.17) is 11.6 Å². The highest BCUT2D eigenvalue weighted by molar-refractivity contribution is 6.31. The number of benzene rings is 2. The van der Waals surface area contributed by atoms with Crippen LogP contribution in [0.4, 0.5) is 10.1 Å². The molecule has 1 nitrogen and oxygen atoms in total. The molecular formula is C16H17ClFN. The zero-order chi connectivity index (χ0) is 13.8. The molecule has 0 bridgehead atoms. The van der Waals surface area contributed by atoms with Gasteiger partial charge >= 0.3 is 0 Å². The number of hydrogen-bond acceptors (Lipinski definition) is 1. The molecule has 3 heteroatoms. The van der Waals surface area contributed by atoms with Crippen LogP contribution in [0.2, 0.25) is 5.02 Å². The van der Waals surface area contributed by atoms with Crippen molar-refractivity contribution in [1.82, 2.24) is 0 Å². The zero-order valence-corrected chi connectivity index (χ0v) is 11.8. The van der Waals surface area contributed by atoms with Gasteiger partial charge in [0.2, 0.25) is 0 Å². The maximum atomic E-state index is 13.1. The smallest absolute Gasteiger partial charge is 0.123 e. The Bertz CT molecular complexity index is 549. The first-order valence-electron chi connectivity index (χ1n) is 6.34. The van der Waals surface area contributed by atoms with Crippen LogP contribution in [-0.4, -0.2) is 0 Å². The third-order valence-electron chi connectivity index (χ3n) is 3.07.